The Hall–Kier alpha value is -0.570. The molecule has 0 bridgehead atoms. The van der Waals surface area contributed by atoms with Crippen LogP contribution in [-0.4, -0.2) is 38.0 Å². The highest BCUT2D eigenvalue weighted by Gasteiger charge is 2.23. The van der Waals surface area contributed by atoms with Crippen molar-refractivity contribution in [2.24, 2.45) is 5.92 Å². The van der Waals surface area contributed by atoms with Gasteiger partial charge in [0.1, 0.15) is 0 Å². The molecule has 3 heteroatoms. The van der Waals surface area contributed by atoms with E-state index in [1.165, 1.54) is 0 Å². The lowest BCUT2D eigenvalue weighted by molar-refractivity contribution is -0.122. The van der Waals surface area contributed by atoms with Gasteiger partial charge in [0.2, 0.25) is 5.91 Å². The molecule has 1 saturated heterocycles. The van der Waals surface area contributed by atoms with E-state index in [1.54, 1.807) is 0 Å². The normalized spacial score (nSPS) is 24.3. The van der Waals surface area contributed by atoms with Gasteiger partial charge in [0.05, 0.1) is 0 Å². The van der Waals surface area contributed by atoms with E-state index in [0.29, 0.717) is 0 Å². The largest absolute Gasteiger partial charge is 0.356 e. The van der Waals surface area contributed by atoms with Crippen LogP contribution >= 0.6 is 0 Å². The molecule has 1 N–H and O–H groups in total. The number of carbonyl (C=O) groups excluding carboxylic acids is 1. The maximum absolute atomic E-state index is 11.1. The van der Waals surface area contributed by atoms with Gasteiger partial charge in [0, 0.05) is 12.5 Å². The first-order valence-electron chi connectivity index (χ1n) is 4.12. The lowest BCUT2D eigenvalue weighted by Gasteiger charge is -2.11. The first kappa shape index (κ1) is 8.53. The highest BCUT2D eigenvalue weighted by atomic mass is 16.2. The Labute approximate surface area is 67.8 Å². The average molecular weight is 156 g/mol. The summed E-state index contributed by atoms with van der Waals surface area (Å²) in [5, 5.41) is 2.84. The highest BCUT2D eigenvalue weighted by Crippen LogP contribution is 2.13. The molecular weight excluding hydrogens is 140 g/mol. The number of nitrogens with zero attached hydrogens (tertiary/aromatic N) is 1. The second-order valence-corrected chi connectivity index (χ2v) is 3.37. The Bertz CT molecular complexity index is 145. The fourth-order valence-electron chi connectivity index (χ4n) is 1.33. The third-order valence-electron chi connectivity index (χ3n) is 2.09. The lowest BCUT2D eigenvalue weighted by Crippen LogP contribution is -2.23. The zero-order chi connectivity index (χ0) is 8.27. The van der Waals surface area contributed by atoms with Crippen LogP contribution in [0.15, 0.2) is 0 Å². The van der Waals surface area contributed by atoms with Crippen LogP contribution < -0.4 is 5.32 Å². The molecule has 0 aromatic carbocycles. The standard InChI is InChI=1S/C8H16N2O/c1-10(2)6-4-7-3-5-9-8(7)11/h7H,3-6H2,1-2H3,(H,9,11). The van der Waals surface area contributed by atoms with Crippen LogP contribution in [0.3, 0.4) is 0 Å². The third kappa shape index (κ3) is 2.50. The Balaban J connectivity index is 2.20. The van der Waals surface area contributed by atoms with Crippen LogP contribution in [0.1, 0.15) is 12.8 Å². The van der Waals surface area contributed by atoms with E-state index in [9.17, 15) is 4.79 Å². The Kier molecular flexibility index (Phi) is 2.88. The second kappa shape index (κ2) is 3.72. The zero-order valence-electron chi connectivity index (χ0n) is 7.26. The molecule has 1 rings (SSSR count). The SMILES string of the molecule is CN(C)CCC1CCNC1=O. The molecule has 0 radical (unpaired) electrons. The summed E-state index contributed by atoms with van der Waals surface area (Å²) in [5.41, 5.74) is 0. The molecule has 1 atom stereocenters. The first-order valence-corrected chi connectivity index (χ1v) is 4.12. The summed E-state index contributed by atoms with van der Waals surface area (Å²) < 4.78 is 0. The van der Waals surface area contributed by atoms with E-state index >= 15 is 0 Å². The minimum Gasteiger partial charge on any atom is -0.356 e. The van der Waals surface area contributed by atoms with E-state index < -0.39 is 0 Å². The van der Waals surface area contributed by atoms with E-state index in [-0.39, 0.29) is 11.8 Å². The molecule has 0 aliphatic carbocycles. The number of carbonyl (C=O) groups is 1. The molecule has 0 saturated carbocycles. The Morgan fingerprint density at radius 1 is 1.64 bits per heavy atom. The minimum absolute atomic E-state index is 0.242. The maximum Gasteiger partial charge on any atom is 0.223 e. The number of nitrogens with one attached hydrogen (secondary N) is 1. The van der Waals surface area contributed by atoms with Crippen molar-refractivity contribution in [1.29, 1.82) is 0 Å². The van der Waals surface area contributed by atoms with Gasteiger partial charge in [-0.05, 0) is 33.5 Å². The number of amides is 1. The molecule has 1 aliphatic rings. The minimum atomic E-state index is 0.242. The highest BCUT2D eigenvalue weighted by molar-refractivity contribution is 5.80. The number of hydrogen-bond acceptors (Lipinski definition) is 2. The summed E-state index contributed by atoms with van der Waals surface area (Å²) in [7, 11) is 4.07. The topological polar surface area (TPSA) is 32.3 Å². The maximum atomic E-state index is 11.1. The molecule has 1 unspecified atom stereocenters. The lowest BCUT2D eigenvalue weighted by atomic mass is 10.0. The predicted octanol–water partition coefficient (Wildman–Crippen LogP) is 0.0742. The first-order chi connectivity index (χ1) is 5.20. The van der Waals surface area contributed by atoms with Gasteiger partial charge in [-0.25, -0.2) is 0 Å². The summed E-state index contributed by atoms with van der Waals surface area (Å²) in [6.07, 6.45) is 2.02. The van der Waals surface area contributed by atoms with E-state index in [1.807, 2.05) is 14.1 Å². The molecule has 11 heavy (non-hydrogen) atoms. The fraction of sp³-hybridized carbons (Fsp3) is 0.875. The molecule has 64 valence electrons. The van der Waals surface area contributed by atoms with Crippen molar-refractivity contribution in [3.63, 3.8) is 0 Å². The molecule has 1 aliphatic heterocycles. The summed E-state index contributed by atoms with van der Waals surface area (Å²) >= 11 is 0. The van der Waals surface area contributed by atoms with Gasteiger partial charge in [-0.1, -0.05) is 0 Å². The van der Waals surface area contributed by atoms with Crippen molar-refractivity contribution in [2.75, 3.05) is 27.2 Å². The van der Waals surface area contributed by atoms with Crippen LogP contribution in [0.25, 0.3) is 0 Å². The van der Waals surface area contributed by atoms with Gasteiger partial charge in [0.25, 0.3) is 0 Å². The molecule has 3 nitrogen and oxygen atoms in total. The Morgan fingerprint density at radius 2 is 2.36 bits per heavy atom. The van der Waals surface area contributed by atoms with Crippen molar-refractivity contribution in [3.05, 3.63) is 0 Å². The van der Waals surface area contributed by atoms with Crippen LogP contribution in [0, 0.1) is 5.92 Å². The smallest absolute Gasteiger partial charge is 0.223 e. The predicted molar refractivity (Wildman–Crippen MR) is 44.3 cm³/mol. The zero-order valence-corrected chi connectivity index (χ0v) is 7.26. The molecule has 0 aromatic rings. The van der Waals surface area contributed by atoms with Crippen molar-refractivity contribution in [1.82, 2.24) is 10.2 Å². The van der Waals surface area contributed by atoms with Crippen molar-refractivity contribution >= 4 is 5.91 Å². The van der Waals surface area contributed by atoms with Crippen molar-refractivity contribution in [2.45, 2.75) is 12.8 Å². The molecule has 1 heterocycles. The summed E-state index contributed by atoms with van der Waals surface area (Å²) in [5.74, 6) is 0.518. The molecule has 1 fully saturated rings. The summed E-state index contributed by atoms with van der Waals surface area (Å²) in [4.78, 5) is 13.2. The molecule has 1 amide bonds. The Morgan fingerprint density at radius 3 is 2.82 bits per heavy atom. The quantitative estimate of drug-likeness (QED) is 0.627. The van der Waals surface area contributed by atoms with Gasteiger partial charge in [-0.15, -0.1) is 0 Å². The molecule has 0 aromatic heterocycles. The number of rotatable bonds is 3. The summed E-state index contributed by atoms with van der Waals surface area (Å²) in [6.45, 7) is 1.88. The van der Waals surface area contributed by atoms with E-state index in [2.05, 4.69) is 10.2 Å². The van der Waals surface area contributed by atoms with Crippen molar-refractivity contribution < 1.29 is 4.79 Å². The third-order valence-corrected chi connectivity index (χ3v) is 2.09. The molecule has 0 spiro atoms. The van der Waals surface area contributed by atoms with Crippen molar-refractivity contribution in [3.8, 4) is 0 Å². The second-order valence-electron chi connectivity index (χ2n) is 3.37. The van der Waals surface area contributed by atoms with Crippen LogP contribution in [-0.2, 0) is 4.79 Å². The van der Waals surface area contributed by atoms with E-state index in [0.717, 1.165) is 25.9 Å². The number of hydrogen-bond donors (Lipinski definition) is 1. The van der Waals surface area contributed by atoms with E-state index in [4.69, 9.17) is 0 Å². The average Bonchev–Trinajstić information content (AvgIpc) is 2.31. The summed E-state index contributed by atoms with van der Waals surface area (Å²) in [6, 6.07) is 0. The van der Waals surface area contributed by atoms with Gasteiger partial charge >= 0.3 is 0 Å². The van der Waals surface area contributed by atoms with Gasteiger partial charge in [0.15, 0.2) is 0 Å². The van der Waals surface area contributed by atoms with Crippen LogP contribution in [0.4, 0.5) is 0 Å². The monoisotopic (exact) mass is 156 g/mol. The van der Waals surface area contributed by atoms with Gasteiger partial charge < -0.3 is 10.2 Å². The molecular formula is C8H16N2O. The van der Waals surface area contributed by atoms with Crippen LogP contribution in [0.5, 0.6) is 0 Å². The van der Waals surface area contributed by atoms with Gasteiger partial charge in [-0.2, -0.15) is 0 Å². The van der Waals surface area contributed by atoms with Gasteiger partial charge in [-0.3, -0.25) is 4.79 Å². The fourth-order valence-corrected chi connectivity index (χ4v) is 1.33. The van der Waals surface area contributed by atoms with Crippen LogP contribution in [0.2, 0.25) is 0 Å².